The molecule has 2 rings (SSSR count). The van der Waals surface area contributed by atoms with Gasteiger partial charge in [-0.2, -0.15) is 0 Å². The SMILES string of the molecule is CCOC(=O)NCS(=O)(=O)c1ccc(CCNC(=O)c2cccc(OC)c2)cc1. The minimum absolute atomic E-state index is 0.0958. The van der Waals surface area contributed by atoms with Crippen LogP contribution in [0, 0.1) is 0 Å². The molecule has 0 fully saturated rings. The molecule has 156 valence electrons. The number of carbonyl (C=O) groups excluding carboxylic acids is 2. The summed E-state index contributed by atoms with van der Waals surface area (Å²) in [6, 6.07) is 13.1. The molecule has 9 heteroatoms. The lowest BCUT2D eigenvalue weighted by molar-refractivity contribution is 0.0953. The van der Waals surface area contributed by atoms with E-state index in [2.05, 4.69) is 15.4 Å². The summed E-state index contributed by atoms with van der Waals surface area (Å²) in [5.74, 6) is -0.151. The van der Waals surface area contributed by atoms with Crippen LogP contribution in [0.5, 0.6) is 5.75 Å². The zero-order chi connectivity index (χ0) is 21.3. The fourth-order valence-electron chi connectivity index (χ4n) is 2.47. The maximum atomic E-state index is 12.2. The van der Waals surface area contributed by atoms with Gasteiger partial charge in [-0.05, 0) is 49.2 Å². The number of rotatable bonds is 9. The molecule has 2 aromatic carbocycles. The van der Waals surface area contributed by atoms with E-state index >= 15 is 0 Å². The Morgan fingerprint density at radius 3 is 2.41 bits per heavy atom. The number of methoxy groups -OCH3 is 1. The first kappa shape index (κ1) is 22.2. The van der Waals surface area contributed by atoms with Crippen molar-refractivity contribution >= 4 is 21.8 Å². The Hall–Kier alpha value is -3.07. The summed E-state index contributed by atoms with van der Waals surface area (Å²) >= 11 is 0. The van der Waals surface area contributed by atoms with Crippen LogP contribution >= 0.6 is 0 Å². The summed E-state index contributed by atoms with van der Waals surface area (Å²) < 4.78 is 34.2. The van der Waals surface area contributed by atoms with E-state index in [1.807, 2.05) is 0 Å². The highest BCUT2D eigenvalue weighted by Gasteiger charge is 2.16. The first-order valence-electron chi connectivity index (χ1n) is 9.00. The second-order valence-corrected chi connectivity index (χ2v) is 8.03. The van der Waals surface area contributed by atoms with E-state index in [0.29, 0.717) is 24.3 Å². The van der Waals surface area contributed by atoms with Crippen molar-refractivity contribution in [3.8, 4) is 5.75 Å². The van der Waals surface area contributed by atoms with Gasteiger partial charge in [0, 0.05) is 12.1 Å². The Labute approximate surface area is 170 Å². The Balaban J connectivity index is 1.87. The molecule has 0 spiro atoms. The van der Waals surface area contributed by atoms with E-state index in [1.54, 1.807) is 43.3 Å². The summed E-state index contributed by atoms with van der Waals surface area (Å²) in [7, 11) is -2.13. The number of sulfone groups is 1. The third-order valence-electron chi connectivity index (χ3n) is 4.00. The Kier molecular flexibility index (Phi) is 8.02. The lowest BCUT2D eigenvalue weighted by Crippen LogP contribution is -2.30. The van der Waals surface area contributed by atoms with Crippen LogP contribution in [0.3, 0.4) is 0 Å². The summed E-state index contributed by atoms with van der Waals surface area (Å²) in [4.78, 5) is 23.5. The normalized spacial score (nSPS) is 10.8. The number of benzene rings is 2. The van der Waals surface area contributed by atoms with Gasteiger partial charge in [0.05, 0.1) is 18.6 Å². The number of nitrogens with one attached hydrogen (secondary N) is 2. The van der Waals surface area contributed by atoms with Crippen molar-refractivity contribution in [3.63, 3.8) is 0 Å². The first-order valence-corrected chi connectivity index (χ1v) is 10.7. The molecule has 0 aliphatic rings. The molecule has 2 N–H and O–H groups in total. The molecule has 0 saturated carbocycles. The first-order chi connectivity index (χ1) is 13.9. The minimum atomic E-state index is -3.66. The van der Waals surface area contributed by atoms with Gasteiger partial charge in [-0.1, -0.05) is 18.2 Å². The highest BCUT2D eigenvalue weighted by molar-refractivity contribution is 7.91. The number of hydrogen-bond donors (Lipinski definition) is 2. The summed E-state index contributed by atoms with van der Waals surface area (Å²) in [5.41, 5.74) is 1.37. The van der Waals surface area contributed by atoms with E-state index in [-0.39, 0.29) is 17.4 Å². The molecule has 0 radical (unpaired) electrons. The summed E-state index contributed by atoms with van der Waals surface area (Å²) in [6.45, 7) is 2.19. The molecule has 0 aliphatic carbocycles. The molecule has 0 atom stereocenters. The number of ether oxygens (including phenoxy) is 2. The maximum absolute atomic E-state index is 12.2. The fourth-order valence-corrected chi connectivity index (χ4v) is 3.49. The molecule has 0 heterocycles. The van der Waals surface area contributed by atoms with Crippen molar-refractivity contribution in [1.82, 2.24) is 10.6 Å². The highest BCUT2D eigenvalue weighted by Crippen LogP contribution is 2.13. The lowest BCUT2D eigenvalue weighted by atomic mass is 10.1. The van der Waals surface area contributed by atoms with Crippen molar-refractivity contribution in [2.24, 2.45) is 0 Å². The van der Waals surface area contributed by atoms with Crippen LogP contribution < -0.4 is 15.4 Å². The van der Waals surface area contributed by atoms with Crippen LogP contribution in [0.2, 0.25) is 0 Å². The second-order valence-electron chi connectivity index (χ2n) is 6.04. The molecule has 0 bridgehead atoms. The zero-order valence-electron chi connectivity index (χ0n) is 16.3. The van der Waals surface area contributed by atoms with Gasteiger partial charge in [0.1, 0.15) is 11.6 Å². The van der Waals surface area contributed by atoms with Gasteiger partial charge in [0.25, 0.3) is 5.91 Å². The second kappa shape index (κ2) is 10.5. The van der Waals surface area contributed by atoms with Gasteiger partial charge in [-0.25, -0.2) is 13.2 Å². The monoisotopic (exact) mass is 420 g/mol. The Bertz CT molecular complexity index is 942. The molecular formula is C20H24N2O6S. The van der Waals surface area contributed by atoms with E-state index in [0.717, 1.165) is 5.56 Å². The quantitative estimate of drug-likeness (QED) is 0.643. The van der Waals surface area contributed by atoms with Crippen molar-refractivity contribution in [2.75, 3.05) is 26.1 Å². The standard InChI is InChI=1S/C20H24N2O6S/c1-3-28-20(24)22-14-29(25,26)18-9-7-15(8-10-18)11-12-21-19(23)16-5-4-6-17(13-16)27-2/h4-10,13H,3,11-12,14H2,1-2H3,(H,21,23)(H,22,24). The molecule has 0 unspecified atom stereocenters. The van der Waals surface area contributed by atoms with Gasteiger partial charge in [-0.15, -0.1) is 0 Å². The smallest absolute Gasteiger partial charge is 0.407 e. The van der Waals surface area contributed by atoms with E-state index < -0.39 is 21.8 Å². The van der Waals surface area contributed by atoms with Crippen molar-refractivity contribution in [2.45, 2.75) is 18.2 Å². The predicted molar refractivity (Wildman–Crippen MR) is 108 cm³/mol. The Morgan fingerprint density at radius 2 is 1.76 bits per heavy atom. The number of alkyl carbamates (subject to hydrolysis) is 1. The summed E-state index contributed by atoms with van der Waals surface area (Å²) in [5, 5.41) is 5.02. The van der Waals surface area contributed by atoms with Gasteiger partial charge >= 0.3 is 6.09 Å². The summed E-state index contributed by atoms with van der Waals surface area (Å²) in [6.07, 6.45) is -0.239. The predicted octanol–water partition coefficient (Wildman–Crippen LogP) is 2.14. The van der Waals surface area contributed by atoms with Crippen LogP contribution in [-0.4, -0.2) is 46.6 Å². The molecule has 0 saturated heterocycles. The van der Waals surface area contributed by atoms with Gasteiger partial charge < -0.3 is 20.1 Å². The average molecular weight is 420 g/mol. The molecular weight excluding hydrogens is 396 g/mol. The molecule has 8 nitrogen and oxygen atoms in total. The number of hydrogen-bond acceptors (Lipinski definition) is 6. The number of carbonyl (C=O) groups is 2. The van der Waals surface area contributed by atoms with Crippen molar-refractivity contribution in [1.29, 1.82) is 0 Å². The average Bonchev–Trinajstić information content (AvgIpc) is 2.73. The van der Waals surface area contributed by atoms with Crippen LogP contribution in [0.4, 0.5) is 4.79 Å². The van der Waals surface area contributed by atoms with Crippen LogP contribution in [0.15, 0.2) is 53.4 Å². The lowest BCUT2D eigenvalue weighted by Gasteiger charge is -2.09. The van der Waals surface area contributed by atoms with E-state index in [1.165, 1.54) is 19.2 Å². The molecule has 0 aromatic heterocycles. The zero-order valence-corrected chi connectivity index (χ0v) is 17.1. The van der Waals surface area contributed by atoms with Gasteiger partial charge in [-0.3, -0.25) is 4.79 Å². The van der Waals surface area contributed by atoms with Crippen molar-refractivity contribution < 1.29 is 27.5 Å². The maximum Gasteiger partial charge on any atom is 0.407 e. The van der Waals surface area contributed by atoms with Crippen LogP contribution in [0.1, 0.15) is 22.8 Å². The molecule has 29 heavy (non-hydrogen) atoms. The Morgan fingerprint density at radius 1 is 1.03 bits per heavy atom. The van der Waals surface area contributed by atoms with E-state index in [9.17, 15) is 18.0 Å². The molecule has 0 aliphatic heterocycles. The minimum Gasteiger partial charge on any atom is -0.497 e. The number of amides is 2. The topological polar surface area (TPSA) is 111 Å². The molecule has 2 amide bonds. The third-order valence-corrected chi connectivity index (χ3v) is 5.51. The van der Waals surface area contributed by atoms with Crippen LogP contribution in [0.25, 0.3) is 0 Å². The third kappa shape index (κ3) is 6.79. The van der Waals surface area contributed by atoms with Crippen molar-refractivity contribution in [3.05, 3.63) is 59.7 Å². The highest BCUT2D eigenvalue weighted by atomic mass is 32.2. The fraction of sp³-hybridized carbons (Fsp3) is 0.300. The van der Waals surface area contributed by atoms with E-state index in [4.69, 9.17) is 4.74 Å². The van der Waals surface area contributed by atoms with Gasteiger partial charge in [0.15, 0.2) is 9.84 Å². The largest absolute Gasteiger partial charge is 0.497 e. The molecule has 2 aromatic rings. The van der Waals surface area contributed by atoms with Crippen LogP contribution in [-0.2, 0) is 21.0 Å². The van der Waals surface area contributed by atoms with Gasteiger partial charge in [0.2, 0.25) is 0 Å².